The Hall–Kier alpha value is -1.78. The number of carboxylic acids is 1. The molecule has 0 radical (unpaired) electrons. The maximum absolute atomic E-state index is 10.2. The molecular weight excluding hydrogens is 152 g/mol. The lowest BCUT2D eigenvalue weighted by molar-refractivity contribution is -0.121. The lowest BCUT2D eigenvalue weighted by atomic mass is 10.5. The molecule has 0 aliphatic rings. The molecule has 0 unspecified atom stereocenters. The second-order valence-corrected chi connectivity index (χ2v) is 1.64. The van der Waals surface area contributed by atoms with Gasteiger partial charge in [-0.1, -0.05) is 0 Å². The summed E-state index contributed by atoms with van der Waals surface area (Å²) in [6.45, 7) is 0.157. The quantitative estimate of drug-likeness (QED) is 0.645. The molecule has 1 aromatic heterocycles. The summed E-state index contributed by atoms with van der Waals surface area (Å²) in [6, 6.07) is 2.44. The predicted molar refractivity (Wildman–Crippen MR) is 32.4 cm³/mol. The van der Waals surface area contributed by atoms with Gasteiger partial charge in [-0.25, -0.2) is 4.79 Å². The van der Waals surface area contributed by atoms with Crippen molar-refractivity contribution in [1.82, 2.24) is 0 Å². The third-order valence-corrected chi connectivity index (χ3v) is 0.956. The van der Waals surface area contributed by atoms with Crippen LogP contribution in [0.5, 0.6) is 5.95 Å². The molecule has 1 aromatic rings. The molecule has 0 saturated heterocycles. The maximum Gasteiger partial charge on any atom is 0.371 e. The fraction of sp³-hybridized carbons (Fsp3) is 0. The highest BCUT2D eigenvalue weighted by molar-refractivity contribution is 5.84. The number of rotatable bonds is 3. The maximum atomic E-state index is 10.2. The van der Waals surface area contributed by atoms with Crippen molar-refractivity contribution in [3.05, 3.63) is 17.9 Å². The van der Waals surface area contributed by atoms with Gasteiger partial charge in [0.15, 0.2) is 0 Å². The molecule has 0 amide bonds. The first-order chi connectivity index (χ1) is 5.24. The van der Waals surface area contributed by atoms with Crippen LogP contribution in [0.4, 0.5) is 0 Å². The Labute approximate surface area is 61.2 Å². The van der Waals surface area contributed by atoms with Crippen LogP contribution in [0.15, 0.2) is 16.5 Å². The summed E-state index contributed by atoms with van der Waals surface area (Å²) in [5, 5.41) is 8.33. The molecule has 0 aliphatic carbocycles. The van der Waals surface area contributed by atoms with Gasteiger partial charge < -0.3 is 14.3 Å². The van der Waals surface area contributed by atoms with Crippen LogP contribution in [0.25, 0.3) is 0 Å². The largest absolute Gasteiger partial charge is 0.475 e. The summed E-state index contributed by atoms with van der Waals surface area (Å²) in [6.07, 6.45) is 0. The van der Waals surface area contributed by atoms with Crippen LogP contribution in [0.1, 0.15) is 10.6 Å². The fourth-order valence-electron chi connectivity index (χ4n) is 0.546. The number of carboxylic acid groups (broad SMARTS) is 1. The molecule has 0 aromatic carbocycles. The SMILES string of the molecule is O=COc1ccc(C(=O)O)o1. The Kier molecular flexibility index (Phi) is 1.91. The zero-order chi connectivity index (χ0) is 8.27. The van der Waals surface area contributed by atoms with Crippen LogP contribution < -0.4 is 4.74 Å². The number of carbonyl (C=O) groups excluding carboxylic acids is 1. The number of aromatic carboxylic acids is 1. The summed E-state index contributed by atoms with van der Waals surface area (Å²) in [4.78, 5) is 19.9. The third-order valence-electron chi connectivity index (χ3n) is 0.956. The molecule has 0 atom stereocenters. The predicted octanol–water partition coefficient (Wildman–Crippen LogP) is 0.513. The van der Waals surface area contributed by atoms with E-state index in [4.69, 9.17) is 5.11 Å². The van der Waals surface area contributed by atoms with E-state index in [0.717, 1.165) is 0 Å². The van der Waals surface area contributed by atoms with Gasteiger partial charge in [-0.3, -0.25) is 4.79 Å². The lowest BCUT2D eigenvalue weighted by Gasteiger charge is -1.87. The standard InChI is InChI=1S/C6H4O5/c7-3-10-5-2-1-4(11-5)6(8)9/h1-3H,(H,8,9). The molecule has 1 heterocycles. The third kappa shape index (κ3) is 1.57. The summed E-state index contributed by atoms with van der Waals surface area (Å²) in [5.41, 5.74) is 0. The summed E-state index contributed by atoms with van der Waals surface area (Å²) >= 11 is 0. The summed E-state index contributed by atoms with van der Waals surface area (Å²) in [7, 11) is 0. The average molecular weight is 156 g/mol. The molecule has 1 rings (SSSR count). The van der Waals surface area contributed by atoms with Gasteiger partial charge in [0.1, 0.15) is 0 Å². The van der Waals surface area contributed by atoms with Crippen molar-refractivity contribution < 1.29 is 23.8 Å². The van der Waals surface area contributed by atoms with Gasteiger partial charge in [-0.2, -0.15) is 0 Å². The van der Waals surface area contributed by atoms with E-state index in [-0.39, 0.29) is 18.2 Å². The van der Waals surface area contributed by atoms with Crippen LogP contribution in [-0.4, -0.2) is 17.5 Å². The van der Waals surface area contributed by atoms with Gasteiger partial charge in [0.25, 0.3) is 5.95 Å². The smallest absolute Gasteiger partial charge is 0.371 e. The Morgan fingerprint density at radius 3 is 2.82 bits per heavy atom. The monoisotopic (exact) mass is 156 g/mol. The van der Waals surface area contributed by atoms with Gasteiger partial charge in [-0.15, -0.1) is 0 Å². The average Bonchev–Trinajstić information content (AvgIpc) is 2.37. The minimum atomic E-state index is -1.20. The summed E-state index contributed by atoms with van der Waals surface area (Å²) < 4.78 is 8.76. The molecule has 0 spiro atoms. The van der Waals surface area contributed by atoms with Crippen LogP contribution in [0.2, 0.25) is 0 Å². The minimum Gasteiger partial charge on any atom is -0.475 e. The first-order valence-corrected chi connectivity index (χ1v) is 2.67. The van der Waals surface area contributed by atoms with E-state index in [0.29, 0.717) is 0 Å². The van der Waals surface area contributed by atoms with Crippen molar-refractivity contribution in [2.75, 3.05) is 0 Å². The highest BCUT2D eigenvalue weighted by Gasteiger charge is 2.08. The zero-order valence-corrected chi connectivity index (χ0v) is 5.31. The lowest BCUT2D eigenvalue weighted by Crippen LogP contribution is -1.92. The number of ether oxygens (including phenoxy) is 1. The van der Waals surface area contributed by atoms with Gasteiger partial charge in [0.05, 0.1) is 0 Å². The van der Waals surface area contributed by atoms with Crippen LogP contribution in [0.3, 0.4) is 0 Å². The van der Waals surface area contributed by atoms with E-state index < -0.39 is 5.97 Å². The fourth-order valence-corrected chi connectivity index (χ4v) is 0.546. The first kappa shape index (κ1) is 7.33. The molecular formula is C6H4O5. The van der Waals surface area contributed by atoms with Crippen LogP contribution in [0, 0.1) is 0 Å². The van der Waals surface area contributed by atoms with E-state index in [1.807, 2.05) is 0 Å². The molecule has 58 valence electrons. The second-order valence-electron chi connectivity index (χ2n) is 1.64. The van der Waals surface area contributed by atoms with Crippen molar-refractivity contribution in [3.8, 4) is 5.95 Å². The zero-order valence-electron chi connectivity index (χ0n) is 5.31. The van der Waals surface area contributed by atoms with Crippen molar-refractivity contribution in [2.45, 2.75) is 0 Å². The normalized spacial score (nSPS) is 9.09. The van der Waals surface area contributed by atoms with E-state index in [1.165, 1.54) is 12.1 Å². The van der Waals surface area contributed by atoms with E-state index in [9.17, 15) is 9.59 Å². The van der Waals surface area contributed by atoms with Crippen LogP contribution in [-0.2, 0) is 4.79 Å². The van der Waals surface area contributed by atoms with Gasteiger partial charge >= 0.3 is 12.4 Å². The highest BCUT2D eigenvalue weighted by atomic mass is 16.6. The Balaban J connectivity index is 2.81. The molecule has 5 nitrogen and oxygen atoms in total. The molecule has 11 heavy (non-hydrogen) atoms. The minimum absolute atomic E-state index is 0.127. The van der Waals surface area contributed by atoms with E-state index in [2.05, 4.69) is 9.15 Å². The van der Waals surface area contributed by atoms with Crippen LogP contribution >= 0.6 is 0 Å². The summed E-state index contributed by atoms with van der Waals surface area (Å²) in [5.74, 6) is -1.59. The Morgan fingerprint density at radius 2 is 2.36 bits per heavy atom. The first-order valence-electron chi connectivity index (χ1n) is 2.67. The molecule has 5 heteroatoms. The highest BCUT2D eigenvalue weighted by Crippen LogP contribution is 2.14. The van der Waals surface area contributed by atoms with Crippen molar-refractivity contribution >= 4 is 12.4 Å². The number of hydrogen-bond donors (Lipinski definition) is 1. The van der Waals surface area contributed by atoms with Gasteiger partial charge in [0, 0.05) is 6.07 Å². The molecule has 0 fully saturated rings. The van der Waals surface area contributed by atoms with Gasteiger partial charge in [-0.05, 0) is 6.07 Å². The number of furan rings is 1. The number of carbonyl (C=O) groups is 2. The Morgan fingerprint density at radius 1 is 1.64 bits per heavy atom. The van der Waals surface area contributed by atoms with E-state index >= 15 is 0 Å². The Bertz CT molecular complexity index is 274. The van der Waals surface area contributed by atoms with Crippen molar-refractivity contribution in [3.63, 3.8) is 0 Å². The van der Waals surface area contributed by atoms with E-state index in [1.54, 1.807) is 0 Å². The molecule has 0 saturated carbocycles. The number of hydrogen-bond acceptors (Lipinski definition) is 4. The van der Waals surface area contributed by atoms with Crippen molar-refractivity contribution in [2.24, 2.45) is 0 Å². The second kappa shape index (κ2) is 2.87. The molecule has 1 N–H and O–H groups in total. The molecule has 0 bridgehead atoms. The van der Waals surface area contributed by atoms with Crippen molar-refractivity contribution in [1.29, 1.82) is 0 Å². The molecule has 0 aliphatic heterocycles. The van der Waals surface area contributed by atoms with Gasteiger partial charge in [0.2, 0.25) is 5.76 Å². The topological polar surface area (TPSA) is 76.7 Å².